The van der Waals surface area contributed by atoms with Crippen LogP contribution in [0.1, 0.15) is 26.3 Å². The Bertz CT molecular complexity index is 343. The molecule has 0 saturated carbocycles. The summed E-state index contributed by atoms with van der Waals surface area (Å²) in [6, 6.07) is 10.6. The molecule has 0 fully saturated rings. The van der Waals surface area contributed by atoms with Crippen LogP contribution < -0.4 is 0 Å². The van der Waals surface area contributed by atoms with Crippen molar-refractivity contribution in [2.75, 3.05) is 0 Å². The first-order valence-electron chi connectivity index (χ1n) is 5.03. The van der Waals surface area contributed by atoms with Gasteiger partial charge in [0.15, 0.2) is 0 Å². The van der Waals surface area contributed by atoms with E-state index < -0.39 is 0 Å². The Balaban J connectivity index is 0. The number of nitrogens with one attached hydrogen (secondary N) is 2. The predicted octanol–water partition coefficient (Wildman–Crippen LogP) is 3.08. The van der Waals surface area contributed by atoms with E-state index in [2.05, 4.69) is 51.1 Å². The summed E-state index contributed by atoms with van der Waals surface area (Å²) < 4.78 is 0. The molecule has 17 heavy (non-hydrogen) atoms. The molecule has 4 nitrogen and oxygen atoms in total. The second kappa shape index (κ2) is 10.5. The van der Waals surface area contributed by atoms with Crippen LogP contribution in [0.2, 0.25) is 0 Å². The van der Waals surface area contributed by atoms with Crippen molar-refractivity contribution in [3.8, 4) is 0 Å². The lowest BCUT2D eigenvalue weighted by molar-refractivity contribution is 0.411. The minimum atomic E-state index is 0.404. The summed E-state index contributed by atoms with van der Waals surface area (Å²) in [5.41, 5.74) is 1.83. The molecule has 0 aliphatic rings. The molecule has 1 rings (SSSR count). The number of isocyanates is 2. The minimum Gasteiger partial charge on any atom is -0.222 e. The summed E-state index contributed by atoms with van der Waals surface area (Å²) in [6.07, 6.45) is 2.66. The van der Waals surface area contributed by atoms with Crippen LogP contribution in [0.4, 0.5) is 0 Å². The molecule has 0 amide bonds. The largest absolute Gasteiger partial charge is 0.231 e. The Hall–Kier alpha value is -2.02. The standard InChI is InChI=1S/C11H16.2CHNO/c1-11(2,3)9-10-7-5-4-6-8-10;2*2-1-3/h4-8H,9H2,1-3H3;2*2H. The van der Waals surface area contributed by atoms with Crippen LogP contribution in [0.15, 0.2) is 30.3 Å². The van der Waals surface area contributed by atoms with Crippen LogP contribution in [0, 0.1) is 16.2 Å². The summed E-state index contributed by atoms with van der Waals surface area (Å²) in [4.78, 5) is 16.7. The maximum absolute atomic E-state index is 8.35. The maximum Gasteiger partial charge on any atom is 0.231 e. The summed E-state index contributed by atoms with van der Waals surface area (Å²) in [7, 11) is 0. The van der Waals surface area contributed by atoms with Gasteiger partial charge in [0, 0.05) is 0 Å². The molecule has 0 aliphatic carbocycles. The fourth-order valence-electron chi connectivity index (χ4n) is 1.21. The Labute approximate surface area is 102 Å². The van der Waals surface area contributed by atoms with E-state index in [1.165, 1.54) is 5.56 Å². The van der Waals surface area contributed by atoms with Gasteiger partial charge in [-0.3, -0.25) is 0 Å². The molecule has 0 bridgehead atoms. The van der Waals surface area contributed by atoms with Crippen LogP contribution >= 0.6 is 0 Å². The molecule has 1 aromatic rings. The number of benzene rings is 1. The first-order valence-corrected chi connectivity index (χ1v) is 5.03. The molecule has 92 valence electrons. The average molecular weight is 234 g/mol. The Kier molecular flexibility index (Phi) is 10.7. The fourth-order valence-corrected chi connectivity index (χ4v) is 1.21. The van der Waals surface area contributed by atoms with E-state index in [4.69, 9.17) is 20.4 Å². The third-order valence-electron chi connectivity index (χ3n) is 1.58. The lowest BCUT2D eigenvalue weighted by atomic mass is 9.88. The first-order chi connectivity index (χ1) is 7.91. The van der Waals surface area contributed by atoms with Gasteiger partial charge in [-0.05, 0) is 17.4 Å². The Morgan fingerprint density at radius 3 is 1.65 bits per heavy atom. The molecule has 4 heteroatoms. The number of rotatable bonds is 1. The number of hydrogen-bond donors (Lipinski definition) is 2. The summed E-state index contributed by atoms with van der Waals surface area (Å²) in [5.74, 6) is 0. The van der Waals surface area contributed by atoms with Gasteiger partial charge in [-0.2, -0.15) is 0 Å². The third kappa shape index (κ3) is 16.6. The average Bonchev–Trinajstić information content (AvgIpc) is 2.19. The third-order valence-corrected chi connectivity index (χ3v) is 1.58. The zero-order chi connectivity index (χ0) is 13.7. The van der Waals surface area contributed by atoms with Crippen LogP contribution in [0.3, 0.4) is 0 Å². The SMILES string of the molecule is CC(C)(C)Cc1ccccc1.N=C=O.N=C=O. The van der Waals surface area contributed by atoms with Crippen molar-refractivity contribution in [1.29, 1.82) is 10.8 Å². The predicted molar refractivity (Wildman–Crippen MR) is 66.4 cm³/mol. The molecule has 0 saturated heterocycles. The van der Waals surface area contributed by atoms with Crippen LogP contribution in [0.5, 0.6) is 0 Å². The van der Waals surface area contributed by atoms with Gasteiger partial charge in [-0.15, -0.1) is 0 Å². The molecule has 0 atom stereocenters. The quantitative estimate of drug-likeness (QED) is 0.578. The maximum atomic E-state index is 8.35. The Morgan fingerprint density at radius 1 is 1.00 bits per heavy atom. The zero-order valence-corrected chi connectivity index (χ0v) is 10.4. The highest BCUT2D eigenvalue weighted by Gasteiger charge is 2.09. The van der Waals surface area contributed by atoms with Gasteiger partial charge in [0.2, 0.25) is 12.2 Å². The monoisotopic (exact) mass is 234 g/mol. The van der Waals surface area contributed by atoms with Crippen molar-refractivity contribution in [2.45, 2.75) is 27.2 Å². The smallest absolute Gasteiger partial charge is 0.222 e. The topological polar surface area (TPSA) is 81.8 Å². The van der Waals surface area contributed by atoms with Gasteiger partial charge in [0.1, 0.15) is 0 Å². The van der Waals surface area contributed by atoms with E-state index in [0.29, 0.717) is 5.41 Å². The normalized spacial score (nSPS) is 8.41. The van der Waals surface area contributed by atoms with E-state index in [-0.39, 0.29) is 0 Å². The first kappa shape index (κ1) is 17.4. The second-order valence-electron chi connectivity index (χ2n) is 4.43. The van der Waals surface area contributed by atoms with Crippen LogP contribution in [-0.4, -0.2) is 12.2 Å². The molecule has 0 aliphatic heterocycles. The van der Waals surface area contributed by atoms with E-state index in [9.17, 15) is 0 Å². The van der Waals surface area contributed by atoms with E-state index >= 15 is 0 Å². The van der Waals surface area contributed by atoms with E-state index in [0.717, 1.165) is 18.6 Å². The van der Waals surface area contributed by atoms with Crippen molar-refractivity contribution < 1.29 is 9.59 Å². The molecule has 0 spiro atoms. The van der Waals surface area contributed by atoms with Gasteiger partial charge >= 0.3 is 0 Å². The summed E-state index contributed by atoms with van der Waals surface area (Å²) >= 11 is 0. The highest BCUT2D eigenvalue weighted by molar-refractivity contribution is 5.26. The van der Waals surface area contributed by atoms with Crippen molar-refractivity contribution in [2.24, 2.45) is 5.41 Å². The molecular formula is C13H18N2O2. The summed E-state index contributed by atoms with van der Waals surface area (Å²) in [6.45, 7) is 6.79. The molecule has 0 aromatic heterocycles. The highest BCUT2D eigenvalue weighted by Crippen LogP contribution is 2.19. The van der Waals surface area contributed by atoms with Gasteiger partial charge in [-0.25, -0.2) is 20.4 Å². The molecule has 0 radical (unpaired) electrons. The van der Waals surface area contributed by atoms with E-state index in [1.807, 2.05) is 0 Å². The zero-order valence-electron chi connectivity index (χ0n) is 10.4. The molecule has 2 N–H and O–H groups in total. The van der Waals surface area contributed by atoms with Crippen LogP contribution in [0.25, 0.3) is 0 Å². The van der Waals surface area contributed by atoms with Crippen molar-refractivity contribution in [1.82, 2.24) is 0 Å². The number of hydrogen-bond acceptors (Lipinski definition) is 4. The van der Waals surface area contributed by atoms with Crippen molar-refractivity contribution >= 4 is 12.2 Å². The Morgan fingerprint density at radius 2 is 1.35 bits per heavy atom. The second-order valence-corrected chi connectivity index (χ2v) is 4.43. The van der Waals surface area contributed by atoms with E-state index in [1.54, 1.807) is 0 Å². The minimum absolute atomic E-state index is 0.404. The van der Waals surface area contributed by atoms with Gasteiger partial charge in [0.25, 0.3) is 0 Å². The van der Waals surface area contributed by atoms with Gasteiger partial charge in [-0.1, -0.05) is 51.1 Å². The molecular weight excluding hydrogens is 216 g/mol. The van der Waals surface area contributed by atoms with Crippen molar-refractivity contribution in [3.63, 3.8) is 0 Å². The van der Waals surface area contributed by atoms with Crippen LogP contribution in [-0.2, 0) is 16.0 Å². The highest BCUT2D eigenvalue weighted by atomic mass is 16.1. The lowest BCUT2D eigenvalue weighted by Gasteiger charge is -2.17. The molecule has 0 unspecified atom stereocenters. The lowest BCUT2D eigenvalue weighted by Crippen LogP contribution is -2.08. The molecule has 0 heterocycles. The van der Waals surface area contributed by atoms with Crippen molar-refractivity contribution in [3.05, 3.63) is 35.9 Å². The molecule has 1 aromatic carbocycles. The number of carbonyl (C=O) groups excluding carboxylic acids is 2. The summed E-state index contributed by atoms with van der Waals surface area (Å²) in [5, 5.41) is 10.8. The van der Waals surface area contributed by atoms with Gasteiger partial charge < -0.3 is 0 Å². The van der Waals surface area contributed by atoms with Gasteiger partial charge in [0.05, 0.1) is 0 Å². The fraction of sp³-hybridized carbons (Fsp3) is 0.385.